The first-order valence-corrected chi connectivity index (χ1v) is 5.28. The Morgan fingerprint density at radius 3 is 2.87 bits per heavy atom. The Bertz CT molecular complexity index is 488. The highest BCUT2D eigenvalue weighted by atomic mass is 32.1. The third-order valence-electron chi connectivity index (χ3n) is 1.80. The van der Waals surface area contributed by atoms with Gasteiger partial charge in [-0.05, 0) is 13.8 Å². The van der Waals surface area contributed by atoms with Crippen LogP contribution < -0.4 is 5.32 Å². The summed E-state index contributed by atoms with van der Waals surface area (Å²) in [6.45, 7) is 3.73. The number of H-pyrrole nitrogens is 1. The summed E-state index contributed by atoms with van der Waals surface area (Å²) in [5.74, 6) is 0.286. The molecule has 0 unspecified atom stereocenters. The molecule has 2 rings (SSSR count). The molecule has 0 aliphatic heterocycles. The SMILES string of the molecule is Cc1cc(NC(=O)c2csc(C)n2)n[nH]1. The van der Waals surface area contributed by atoms with Crippen LogP contribution in [0.25, 0.3) is 0 Å². The van der Waals surface area contributed by atoms with Crippen molar-refractivity contribution >= 4 is 23.1 Å². The number of aromatic amines is 1. The van der Waals surface area contributed by atoms with Crippen LogP contribution in [0.5, 0.6) is 0 Å². The fourth-order valence-corrected chi connectivity index (χ4v) is 1.72. The van der Waals surface area contributed by atoms with Crippen molar-refractivity contribution in [3.63, 3.8) is 0 Å². The zero-order valence-corrected chi connectivity index (χ0v) is 9.18. The Morgan fingerprint density at radius 2 is 2.33 bits per heavy atom. The highest BCUT2D eigenvalue weighted by Crippen LogP contribution is 2.10. The molecule has 6 heteroatoms. The highest BCUT2D eigenvalue weighted by Gasteiger charge is 2.10. The van der Waals surface area contributed by atoms with E-state index in [1.807, 2.05) is 13.8 Å². The van der Waals surface area contributed by atoms with E-state index in [1.165, 1.54) is 11.3 Å². The summed E-state index contributed by atoms with van der Waals surface area (Å²) in [6.07, 6.45) is 0. The lowest BCUT2D eigenvalue weighted by Crippen LogP contribution is -2.12. The van der Waals surface area contributed by atoms with E-state index >= 15 is 0 Å². The zero-order chi connectivity index (χ0) is 10.8. The van der Waals surface area contributed by atoms with Crippen molar-refractivity contribution in [1.82, 2.24) is 15.2 Å². The molecule has 2 heterocycles. The highest BCUT2D eigenvalue weighted by molar-refractivity contribution is 7.09. The van der Waals surface area contributed by atoms with Gasteiger partial charge in [-0.2, -0.15) is 5.10 Å². The van der Waals surface area contributed by atoms with Crippen LogP contribution >= 0.6 is 11.3 Å². The van der Waals surface area contributed by atoms with E-state index in [0.717, 1.165) is 10.7 Å². The Balaban J connectivity index is 2.10. The van der Waals surface area contributed by atoms with Crippen molar-refractivity contribution in [3.05, 3.63) is 27.8 Å². The number of rotatable bonds is 2. The topological polar surface area (TPSA) is 70.7 Å². The van der Waals surface area contributed by atoms with Gasteiger partial charge in [0.25, 0.3) is 5.91 Å². The van der Waals surface area contributed by atoms with Crippen LogP contribution in [0, 0.1) is 13.8 Å². The van der Waals surface area contributed by atoms with Crippen molar-refractivity contribution in [3.8, 4) is 0 Å². The zero-order valence-electron chi connectivity index (χ0n) is 8.37. The number of carbonyl (C=O) groups excluding carboxylic acids is 1. The molecule has 2 N–H and O–H groups in total. The summed E-state index contributed by atoms with van der Waals surface area (Å²) in [5, 5.41) is 11.9. The Labute approximate surface area is 90.6 Å². The summed E-state index contributed by atoms with van der Waals surface area (Å²) < 4.78 is 0. The molecule has 2 aromatic rings. The maximum atomic E-state index is 11.6. The lowest BCUT2D eigenvalue weighted by molar-refractivity contribution is 0.102. The average molecular weight is 222 g/mol. The van der Waals surface area contributed by atoms with Gasteiger partial charge in [0.1, 0.15) is 5.69 Å². The number of aromatic nitrogens is 3. The molecule has 1 amide bonds. The normalized spacial score (nSPS) is 10.3. The number of amides is 1. The lowest BCUT2D eigenvalue weighted by Gasteiger charge is -1.96. The van der Waals surface area contributed by atoms with Crippen LogP contribution in [-0.4, -0.2) is 21.1 Å². The summed E-state index contributed by atoms with van der Waals surface area (Å²) in [4.78, 5) is 15.7. The number of nitrogens with zero attached hydrogens (tertiary/aromatic N) is 2. The molecular formula is C9H10N4OS. The van der Waals surface area contributed by atoms with Crippen molar-refractivity contribution in [1.29, 1.82) is 0 Å². The minimum absolute atomic E-state index is 0.231. The van der Waals surface area contributed by atoms with Gasteiger partial charge in [0.2, 0.25) is 0 Å². The van der Waals surface area contributed by atoms with Crippen LogP contribution in [0.15, 0.2) is 11.4 Å². The van der Waals surface area contributed by atoms with Gasteiger partial charge in [-0.1, -0.05) is 0 Å². The molecule has 0 radical (unpaired) electrons. The molecule has 0 aromatic carbocycles. The molecule has 0 aliphatic rings. The summed E-state index contributed by atoms with van der Waals surface area (Å²) in [6, 6.07) is 1.76. The molecule has 5 nitrogen and oxygen atoms in total. The molecule has 0 atom stereocenters. The smallest absolute Gasteiger partial charge is 0.276 e. The van der Waals surface area contributed by atoms with Crippen LogP contribution in [0.1, 0.15) is 21.2 Å². The molecular weight excluding hydrogens is 212 g/mol. The number of nitrogens with one attached hydrogen (secondary N) is 2. The number of hydrogen-bond acceptors (Lipinski definition) is 4. The van der Waals surface area contributed by atoms with Crippen LogP contribution in [0.2, 0.25) is 0 Å². The molecule has 0 bridgehead atoms. The first-order chi connectivity index (χ1) is 7.15. The van der Waals surface area contributed by atoms with Gasteiger partial charge < -0.3 is 5.32 Å². The van der Waals surface area contributed by atoms with Crippen LogP contribution in [0.3, 0.4) is 0 Å². The monoisotopic (exact) mass is 222 g/mol. The summed E-state index contributed by atoms with van der Waals surface area (Å²) >= 11 is 1.45. The average Bonchev–Trinajstić information content (AvgIpc) is 2.75. The molecule has 0 saturated carbocycles. The second-order valence-electron chi connectivity index (χ2n) is 3.14. The fraction of sp³-hybridized carbons (Fsp3) is 0.222. The maximum Gasteiger partial charge on any atom is 0.276 e. The molecule has 0 aliphatic carbocycles. The number of thiazole rings is 1. The number of aryl methyl sites for hydroxylation is 2. The number of carbonyl (C=O) groups is 1. The van der Waals surface area contributed by atoms with E-state index in [9.17, 15) is 4.79 Å². The third kappa shape index (κ3) is 2.21. The van der Waals surface area contributed by atoms with Gasteiger partial charge in [0.15, 0.2) is 5.82 Å². The van der Waals surface area contributed by atoms with Crippen molar-refractivity contribution in [2.45, 2.75) is 13.8 Å². The Kier molecular flexibility index (Phi) is 2.51. The van der Waals surface area contributed by atoms with Gasteiger partial charge >= 0.3 is 0 Å². The van der Waals surface area contributed by atoms with Crippen molar-refractivity contribution in [2.75, 3.05) is 5.32 Å². The standard InChI is InChI=1S/C9H10N4OS/c1-5-3-8(13-12-5)11-9(14)7-4-15-6(2)10-7/h3-4H,1-2H3,(H2,11,12,13,14). The predicted molar refractivity (Wildman–Crippen MR) is 58.1 cm³/mol. The molecule has 0 saturated heterocycles. The van der Waals surface area contributed by atoms with Gasteiger partial charge in [0, 0.05) is 17.1 Å². The molecule has 0 fully saturated rings. The Morgan fingerprint density at radius 1 is 1.53 bits per heavy atom. The molecule has 2 aromatic heterocycles. The van der Waals surface area contributed by atoms with Gasteiger partial charge in [-0.25, -0.2) is 4.98 Å². The quantitative estimate of drug-likeness (QED) is 0.813. The van der Waals surface area contributed by atoms with Crippen LogP contribution in [0.4, 0.5) is 5.82 Å². The molecule has 0 spiro atoms. The summed E-state index contributed by atoms with van der Waals surface area (Å²) in [7, 11) is 0. The van der Waals surface area contributed by atoms with E-state index in [4.69, 9.17) is 0 Å². The Hall–Kier alpha value is -1.69. The fourth-order valence-electron chi connectivity index (χ4n) is 1.13. The van der Waals surface area contributed by atoms with Gasteiger partial charge in [-0.15, -0.1) is 11.3 Å². The van der Waals surface area contributed by atoms with Crippen LogP contribution in [-0.2, 0) is 0 Å². The van der Waals surface area contributed by atoms with Crippen molar-refractivity contribution in [2.24, 2.45) is 0 Å². The van der Waals surface area contributed by atoms with Crippen molar-refractivity contribution < 1.29 is 4.79 Å². The van der Waals surface area contributed by atoms with E-state index in [0.29, 0.717) is 11.5 Å². The summed E-state index contributed by atoms with van der Waals surface area (Å²) in [5.41, 5.74) is 1.33. The third-order valence-corrected chi connectivity index (χ3v) is 2.57. The van der Waals surface area contributed by atoms with E-state index in [1.54, 1.807) is 11.4 Å². The second-order valence-corrected chi connectivity index (χ2v) is 4.20. The predicted octanol–water partition coefficient (Wildman–Crippen LogP) is 1.74. The maximum absolute atomic E-state index is 11.6. The number of anilines is 1. The van der Waals surface area contributed by atoms with E-state index in [-0.39, 0.29) is 5.91 Å². The van der Waals surface area contributed by atoms with Gasteiger partial charge in [-0.3, -0.25) is 9.89 Å². The lowest BCUT2D eigenvalue weighted by atomic mass is 10.4. The van der Waals surface area contributed by atoms with Gasteiger partial charge in [0.05, 0.1) is 5.01 Å². The largest absolute Gasteiger partial charge is 0.304 e. The minimum Gasteiger partial charge on any atom is -0.304 e. The second kappa shape index (κ2) is 3.82. The van der Waals surface area contributed by atoms with E-state index < -0.39 is 0 Å². The minimum atomic E-state index is -0.231. The first kappa shape index (κ1) is 9.85. The first-order valence-electron chi connectivity index (χ1n) is 4.40. The molecule has 78 valence electrons. The van der Waals surface area contributed by atoms with E-state index in [2.05, 4.69) is 20.5 Å². The number of hydrogen-bond donors (Lipinski definition) is 2. The molecule has 15 heavy (non-hydrogen) atoms.